The van der Waals surface area contributed by atoms with Gasteiger partial charge >= 0.3 is 0 Å². The molecule has 33 heavy (non-hydrogen) atoms. The molecular weight excluding hydrogens is 418 g/mol. The largest absolute Gasteiger partial charge is 0.507 e. The van der Waals surface area contributed by atoms with E-state index < -0.39 is 0 Å². The van der Waals surface area contributed by atoms with Crippen molar-refractivity contribution in [2.24, 2.45) is 4.99 Å². The second-order valence-corrected chi connectivity index (χ2v) is 10.2. The molecule has 0 amide bonds. The van der Waals surface area contributed by atoms with E-state index in [1.54, 1.807) is 30.5 Å². The van der Waals surface area contributed by atoms with Crippen LogP contribution in [0.25, 0.3) is 28.1 Å². The zero-order valence-corrected chi connectivity index (χ0v) is 19.2. The number of nitrogens with one attached hydrogen (secondary N) is 1. The molecule has 0 aliphatic carbocycles. The van der Waals surface area contributed by atoms with Gasteiger partial charge in [-0.15, -0.1) is 15.3 Å². The van der Waals surface area contributed by atoms with Crippen molar-refractivity contribution in [3.8, 4) is 17.0 Å². The monoisotopic (exact) mass is 445 g/mol. The van der Waals surface area contributed by atoms with Crippen LogP contribution >= 0.6 is 0 Å². The Labute approximate surface area is 191 Å². The Bertz CT molecular complexity index is 1300. The van der Waals surface area contributed by atoms with Crippen LogP contribution in [-0.2, 0) is 4.79 Å². The number of aliphatic imine (C=N–C) groups is 1. The Morgan fingerprint density at radius 2 is 1.82 bits per heavy atom. The van der Waals surface area contributed by atoms with Crippen LogP contribution in [0.15, 0.2) is 35.3 Å². The Kier molecular flexibility index (Phi) is 4.89. The van der Waals surface area contributed by atoms with Crippen LogP contribution in [0.1, 0.15) is 58.6 Å². The molecule has 2 aliphatic rings. The summed E-state index contributed by atoms with van der Waals surface area (Å²) in [6.07, 6.45) is 5.18. The highest BCUT2D eigenvalue weighted by molar-refractivity contribution is 6.07. The number of allylic oxidation sites excluding steroid dienone is 1. The summed E-state index contributed by atoms with van der Waals surface area (Å²) in [5, 5.41) is 31.9. The molecule has 2 aromatic heterocycles. The quantitative estimate of drug-likeness (QED) is 0.634. The van der Waals surface area contributed by atoms with Crippen LogP contribution in [0.2, 0.25) is 0 Å². The molecule has 2 aliphatic heterocycles. The Morgan fingerprint density at radius 1 is 1.06 bits per heavy atom. The van der Waals surface area contributed by atoms with E-state index in [-0.39, 0.29) is 28.7 Å². The van der Waals surface area contributed by atoms with Crippen LogP contribution in [0, 0.1) is 0 Å². The molecule has 4 heterocycles. The number of benzene rings is 1. The highest BCUT2D eigenvalue weighted by Gasteiger charge is 2.39. The lowest BCUT2D eigenvalue weighted by molar-refractivity contribution is -0.113. The lowest BCUT2D eigenvalue weighted by atomic mass is 9.80. The standard InChI is InChI=1S/C24H27N7O2/c1-23(2)12-15(13-24(3,4)29-23)31-22-20(27-30-31)11-19(26-28-22)17-6-5-14(9-21(17)33)18-10-16(32)7-8-25-18/h5-6,8-11,15,29,33H,7,12-13H2,1-4H3. The highest BCUT2D eigenvalue weighted by atomic mass is 16.3. The predicted molar refractivity (Wildman–Crippen MR) is 126 cm³/mol. The number of hydrogen-bond acceptors (Lipinski definition) is 8. The molecule has 9 nitrogen and oxygen atoms in total. The molecule has 0 atom stereocenters. The van der Waals surface area contributed by atoms with E-state index in [9.17, 15) is 9.90 Å². The summed E-state index contributed by atoms with van der Waals surface area (Å²) in [4.78, 5) is 15.9. The number of phenolic OH excluding ortho intramolecular Hbond substituents is 1. The van der Waals surface area contributed by atoms with Crippen LogP contribution in [0.5, 0.6) is 5.75 Å². The van der Waals surface area contributed by atoms with Crippen molar-refractivity contribution in [2.75, 3.05) is 0 Å². The van der Waals surface area contributed by atoms with Gasteiger partial charge < -0.3 is 10.4 Å². The number of ketones is 1. The number of phenols is 1. The topological polar surface area (TPSA) is 118 Å². The van der Waals surface area contributed by atoms with E-state index in [1.807, 2.05) is 4.68 Å². The molecule has 0 bridgehead atoms. The number of fused-ring (bicyclic) bond motifs is 1. The first-order valence-electron chi connectivity index (χ1n) is 11.1. The van der Waals surface area contributed by atoms with Crippen molar-refractivity contribution in [3.05, 3.63) is 35.9 Å². The lowest BCUT2D eigenvalue weighted by Gasteiger charge is -2.46. The molecule has 1 fully saturated rings. The summed E-state index contributed by atoms with van der Waals surface area (Å²) >= 11 is 0. The van der Waals surface area contributed by atoms with Gasteiger partial charge in [-0.05, 0) is 58.7 Å². The van der Waals surface area contributed by atoms with Crippen LogP contribution < -0.4 is 5.32 Å². The number of nitrogens with zero attached hydrogens (tertiary/aromatic N) is 6. The van der Waals surface area contributed by atoms with Gasteiger partial charge in [-0.25, -0.2) is 4.68 Å². The van der Waals surface area contributed by atoms with Gasteiger partial charge in [0.1, 0.15) is 11.3 Å². The fourth-order valence-electron chi connectivity index (χ4n) is 5.12. The fraction of sp³-hybridized carbons (Fsp3) is 0.417. The average Bonchev–Trinajstić information content (AvgIpc) is 3.15. The molecule has 3 aromatic rings. The number of carbonyl (C=O) groups excluding carboxylic acids is 1. The first-order chi connectivity index (χ1) is 15.6. The second-order valence-electron chi connectivity index (χ2n) is 10.2. The van der Waals surface area contributed by atoms with Crippen molar-refractivity contribution < 1.29 is 9.90 Å². The zero-order valence-electron chi connectivity index (χ0n) is 19.2. The van der Waals surface area contributed by atoms with Gasteiger partial charge in [-0.2, -0.15) is 0 Å². The summed E-state index contributed by atoms with van der Waals surface area (Å²) in [6, 6.07) is 7.08. The molecular formula is C24H27N7O2. The summed E-state index contributed by atoms with van der Waals surface area (Å²) in [5.41, 5.74) is 3.42. The molecule has 9 heteroatoms. The van der Waals surface area contributed by atoms with Crippen LogP contribution in [-0.4, -0.2) is 53.4 Å². The van der Waals surface area contributed by atoms with Crippen molar-refractivity contribution in [1.29, 1.82) is 0 Å². The van der Waals surface area contributed by atoms with Gasteiger partial charge in [0.15, 0.2) is 5.78 Å². The maximum absolute atomic E-state index is 11.7. The molecule has 170 valence electrons. The smallest absolute Gasteiger partial charge is 0.201 e. The van der Waals surface area contributed by atoms with Crippen molar-refractivity contribution in [3.63, 3.8) is 0 Å². The molecule has 1 saturated heterocycles. The summed E-state index contributed by atoms with van der Waals surface area (Å²) < 4.78 is 1.88. The number of piperidine rings is 1. The molecule has 1 aromatic carbocycles. The van der Waals surface area contributed by atoms with E-state index in [4.69, 9.17) is 0 Å². The predicted octanol–water partition coefficient (Wildman–Crippen LogP) is 3.46. The third kappa shape index (κ3) is 4.16. The normalized spacial score (nSPS) is 20.2. The van der Waals surface area contributed by atoms with E-state index in [0.717, 1.165) is 12.8 Å². The number of rotatable bonds is 3. The van der Waals surface area contributed by atoms with Gasteiger partial charge in [0.25, 0.3) is 0 Å². The Balaban J connectivity index is 1.47. The lowest BCUT2D eigenvalue weighted by Crippen LogP contribution is -2.58. The van der Waals surface area contributed by atoms with Gasteiger partial charge in [0, 0.05) is 40.9 Å². The minimum Gasteiger partial charge on any atom is -0.507 e. The third-order valence-electron chi connectivity index (χ3n) is 6.13. The summed E-state index contributed by atoms with van der Waals surface area (Å²) in [5.74, 6) is 0.0213. The second kappa shape index (κ2) is 7.55. The molecule has 2 N–H and O–H groups in total. The Hall–Kier alpha value is -3.46. The van der Waals surface area contributed by atoms with E-state index in [1.165, 1.54) is 6.08 Å². The molecule has 5 rings (SSSR count). The van der Waals surface area contributed by atoms with Gasteiger partial charge in [-0.1, -0.05) is 11.3 Å². The van der Waals surface area contributed by atoms with E-state index >= 15 is 0 Å². The summed E-state index contributed by atoms with van der Waals surface area (Å²) in [6.45, 7) is 8.78. The number of aromatic nitrogens is 5. The SMILES string of the molecule is CC1(C)CC(n2nnc3cc(-c4ccc(C5=CC(=O)CC=N5)cc4O)nnc32)CC(C)(C)N1. The zero-order chi connectivity index (χ0) is 23.4. The molecule has 0 radical (unpaired) electrons. The summed E-state index contributed by atoms with van der Waals surface area (Å²) in [7, 11) is 0. The van der Waals surface area contributed by atoms with Gasteiger partial charge in [0.2, 0.25) is 5.65 Å². The van der Waals surface area contributed by atoms with Crippen molar-refractivity contribution in [1.82, 2.24) is 30.5 Å². The molecule has 0 unspecified atom stereocenters. The number of carbonyl (C=O) groups is 1. The number of aromatic hydroxyl groups is 1. The van der Waals surface area contributed by atoms with Crippen molar-refractivity contribution in [2.45, 2.75) is 64.1 Å². The van der Waals surface area contributed by atoms with Gasteiger partial charge in [-0.3, -0.25) is 9.79 Å². The van der Waals surface area contributed by atoms with Crippen LogP contribution in [0.3, 0.4) is 0 Å². The van der Waals surface area contributed by atoms with Crippen LogP contribution in [0.4, 0.5) is 0 Å². The maximum atomic E-state index is 11.7. The Morgan fingerprint density at radius 3 is 2.52 bits per heavy atom. The minimum absolute atomic E-state index is 0.0107. The average molecular weight is 446 g/mol. The maximum Gasteiger partial charge on any atom is 0.201 e. The van der Waals surface area contributed by atoms with Gasteiger partial charge in [0.05, 0.1) is 17.4 Å². The third-order valence-corrected chi connectivity index (χ3v) is 6.13. The van der Waals surface area contributed by atoms with E-state index in [2.05, 4.69) is 58.5 Å². The minimum atomic E-state index is -0.0337. The number of hydrogen-bond donors (Lipinski definition) is 2. The first-order valence-corrected chi connectivity index (χ1v) is 11.1. The fourth-order valence-corrected chi connectivity index (χ4v) is 5.12. The highest BCUT2D eigenvalue weighted by Crippen LogP contribution is 2.37. The first kappa shape index (κ1) is 21.4. The molecule has 0 spiro atoms. The van der Waals surface area contributed by atoms with E-state index in [0.29, 0.717) is 40.1 Å². The molecule has 0 saturated carbocycles. The van der Waals surface area contributed by atoms with Crippen molar-refractivity contribution >= 4 is 28.9 Å².